The van der Waals surface area contributed by atoms with Crippen LogP contribution in [0.3, 0.4) is 0 Å². The Hall–Kier alpha value is -2.86. The van der Waals surface area contributed by atoms with Crippen LogP contribution in [-0.4, -0.2) is 24.3 Å². The second kappa shape index (κ2) is 7.64. The van der Waals surface area contributed by atoms with Gasteiger partial charge in [0.15, 0.2) is 0 Å². The van der Waals surface area contributed by atoms with Crippen molar-refractivity contribution < 1.29 is 14.4 Å². The van der Waals surface area contributed by atoms with Crippen LogP contribution in [-0.2, 0) is 14.4 Å². The number of hydrogen-bond acceptors (Lipinski definition) is 3. The first-order valence-corrected chi connectivity index (χ1v) is 9.65. The molecule has 1 unspecified atom stereocenters. The van der Waals surface area contributed by atoms with Gasteiger partial charge >= 0.3 is 0 Å². The number of nitrogens with one attached hydrogen (secondary N) is 2. The Kier molecular flexibility index (Phi) is 5.05. The van der Waals surface area contributed by atoms with E-state index in [-0.39, 0.29) is 30.1 Å². The minimum absolute atomic E-state index is 0.0158. The van der Waals surface area contributed by atoms with E-state index in [1.165, 1.54) is 0 Å². The normalized spacial score (nSPS) is 18.8. The third-order valence-electron chi connectivity index (χ3n) is 4.96. The number of carbonyl (C=O) groups excluding carboxylic acids is 3. The molecule has 1 aliphatic carbocycles. The lowest BCUT2D eigenvalue weighted by molar-refractivity contribution is -0.122. The van der Waals surface area contributed by atoms with Crippen molar-refractivity contribution in [2.24, 2.45) is 11.8 Å². The van der Waals surface area contributed by atoms with Gasteiger partial charge in [-0.05, 0) is 49.2 Å². The highest BCUT2D eigenvalue weighted by atomic mass is 35.5. The highest BCUT2D eigenvalue weighted by Gasteiger charge is 2.35. The maximum atomic E-state index is 12.7. The smallest absolute Gasteiger partial charge is 0.229 e. The van der Waals surface area contributed by atoms with Gasteiger partial charge in [0.2, 0.25) is 17.7 Å². The standard InChI is InChI=1S/C21H20ClN3O3/c22-15-3-1-6-18(10-15)25-12-14(9-19(25)26)21(28)24-17-5-2-4-16(11-17)23-20(27)13-7-8-13/h1-6,10-11,13-14H,7-9,12H2,(H,23,27)(H,24,28). The molecule has 2 aromatic rings. The molecule has 28 heavy (non-hydrogen) atoms. The monoisotopic (exact) mass is 397 g/mol. The van der Waals surface area contributed by atoms with Crippen LogP contribution in [0.25, 0.3) is 0 Å². The topological polar surface area (TPSA) is 78.5 Å². The average molecular weight is 398 g/mol. The van der Waals surface area contributed by atoms with Crippen LogP contribution in [0.15, 0.2) is 48.5 Å². The molecule has 1 heterocycles. The van der Waals surface area contributed by atoms with Crippen molar-refractivity contribution in [1.82, 2.24) is 0 Å². The summed E-state index contributed by atoms with van der Waals surface area (Å²) in [5, 5.41) is 6.26. The third kappa shape index (κ3) is 4.17. The first kappa shape index (κ1) is 18.5. The number of anilines is 3. The van der Waals surface area contributed by atoms with Crippen molar-refractivity contribution >= 4 is 46.4 Å². The van der Waals surface area contributed by atoms with Crippen LogP contribution < -0.4 is 15.5 Å². The molecule has 144 valence electrons. The summed E-state index contributed by atoms with van der Waals surface area (Å²) in [5.74, 6) is -0.644. The Morgan fingerprint density at radius 1 is 0.929 bits per heavy atom. The second-order valence-electron chi connectivity index (χ2n) is 7.22. The summed E-state index contributed by atoms with van der Waals surface area (Å²) in [4.78, 5) is 38.5. The van der Waals surface area contributed by atoms with Gasteiger partial charge in [0.1, 0.15) is 0 Å². The number of hydrogen-bond donors (Lipinski definition) is 2. The number of halogens is 1. The molecule has 0 aromatic heterocycles. The van der Waals surface area contributed by atoms with Crippen LogP contribution in [0.5, 0.6) is 0 Å². The molecule has 1 saturated heterocycles. The van der Waals surface area contributed by atoms with Crippen molar-refractivity contribution in [2.45, 2.75) is 19.3 Å². The fourth-order valence-electron chi connectivity index (χ4n) is 3.29. The molecule has 3 amide bonds. The highest BCUT2D eigenvalue weighted by Crippen LogP contribution is 2.31. The maximum absolute atomic E-state index is 12.7. The van der Waals surface area contributed by atoms with Crippen molar-refractivity contribution in [2.75, 3.05) is 22.1 Å². The van der Waals surface area contributed by atoms with Crippen LogP contribution in [0.1, 0.15) is 19.3 Å². The van der Waals surface area contributed by atoms with Gasteiger partial charge in [-0.15, -0.1) is 0 Å². The Labute approximate surface area is 167 Å². The van der Waals surface area contributed by atoms with Gasteiger partial charge in [-0.1, -0.05) is 23.7 Å². The summed E-state index contributed by atoms with van der Waals surface area (Å²) in [5.41, 5.74) is 1.93. The highest BCUT2D eigenvalue weighted by molar-refractivity contribution is 6.31. The Morgan fingerprint density at radius 2 is 1.57 bits per heavy atom. The summed E-state index contributed by atoms with van der Waals surface area (Å²) in [6.07, 6.45) is 2.01. The van der Waals surface area contributed by atoms with E-state index in [1.54, 1.807) is 53.4 Å². The molecule has 2 N–H and O–H groups in total. The zero-order chi connectivity index (χ0) is 19.7. The predicted molar refractivity (Wildman–Crippen MR) is 108 cm³/mol. The first-order valence-electron chi connectivity index (χ1n) is 9.27. The molecular weight excluding hydrogens is 378 g/mol. The van der Waals surface area contributed by atoms with Gasteiger partial charge in [0.25, 0.3) is 0 Å². The third-order valence-corrected chi connectivity index (χ3v) is 5.20. The van der Waals surface area contributed by atoms with Gasteiger partial charge in [-0.2, -0.15) is 0 Å². The van der Waals surface area contributed by atoms with Gasteiger partial charge in [-0.3, -0.25) is 14.4 Å². The molecule has 1 saturated carbocycles. The molecule has 2 aromatic carbocycles. The molecule has 2 fully saturated rings. The van der Waals surface area contributed by atoms with Gasteiger partial charge in [-0.25, -0.2) is 0 Å². The number of benzene rings is 2. The minimum atomic E-state index is -0.448. The van der Waals surface area contributed by atoms with E-state index in [0.717, 1.165) is 12.8 Å². The number of carbonyl (C=O) groups is 3. The molecule has 1 atom stereocenters. The fourth-order valence-corrected chi connectivity index (χ4v) is 3.47. The van der Waals surface area contributed by atoms with Crippen LogP contribution in [0, 0.1) is 11.8 Å². The van der Waals surface area contributed by atoms with Crippen molar-refractivity contribution in [3.63, 3.8) is 0 Å². The Morgan fingerprint density at radius 3 is 2.21 bits per heavy atom. The van der Waals surface area contributed by atoms with Gasteiger partial charge in [0.05, 0.1) is 5.92 Å². The second-order valence-corrected chi connectivity index (χ2v) is 7.66. The average Bonchev–Trinajstić information content (AvgIpc) is 3.44. The van der Waals surface area contributed by atoms with Gasteiger partial charge in [0, 0.05) is 41.0 Å². The van der Waals surface area contributed by atoms with Crippen molar-refractivity contribution in [3.8, 4) is 0 Å². The van der Waals surface area contributed by atoms with Crippen LogP contribution >= 0.6 is 11.6 Å². The van der Waals surface area contributed by atoms with Crippen LogP contribution in [0.4, 0.5) is 17.1 Å². The fraction of sp³-hybridized carbons (Fsp3) is 0.286. The maximum Gasteiger partial charge on any atom is 0.229 e. The Balaban J connectivity index is 1.40. The summed E-state index contributed by atoms with van der Waals surface area (Å²) in [6.45, 7) is 0.309. The molecule has 0 spiro atoms. The summed E-state index contributed by atoms with van der Waals surface area (Å²) in [7, 11) is 0. The summed E-state index contributed by atoms with van der Waals surface area (Å²) in [6, 6.07) is 14.1. The lowest BCUT2D eigenvalue weighted by Gasteiger charge is -2.17. The lowest BCUT2D eigenvalue weighted by atomic mass is 10.1. The molecule has 1 aliphatic heterocycles. The molecule has 6 nitrogen and oxygen atoms in total. The largest absolute Gasteiger partial charge is 0.326 e. The van der Waals surface area contributed by atoms with E-state index in [9.17, 15) is 14.4 Å². The van der Waals surface area contributed by atoms with Crippen molar-refractivity contribution in [3.05, 3.63) is 53.6 Å². The number of rotatable bonds is 5. The first-order chi connectivity index (χ1) is 13.5. The van der Waals surface area contributed by atoms with E-state index in [4.69, 9.17) is 11.6 Å². The quantitative estimate of drug-likeness (QED) is 0.807. The van der Waals surface area contributed by atoms with E-state index >= 15 is 0 Å². The number of nitrogens with zero attached hydrogens (tertiary/aromatic N) is 1. The lowest BCUT2D eigenvalue weighted by Crippen LogP contribution is -2.28. The molecule has 2 aliphatic rings. The van der Waals surface area contributed by atoms with Gasteiger partial charge < -0.3 is 15.5 Å². The molecule has 7 heteroatoms. The zero-order valence-corrected chi connectivity index (χ0v) is 15.9. The minimum Gasteiger partial charge on any atom is -0.326 e. The summed E-state index contributed by atoms with van der Waals surface area (Å²) < 4.78 is 0. The molecular formula is C21H20ClN3O3. The Bertz CT molecular complexity index is 942. The van der Waals surface area contributed by atoms with Crippen LogP contribution in [0.2, 0.25) is 5.02 Å². The molecule has 0 radical (unpaired) electrons. The molecule has 0 bridgehead atoms. The van der Waals surface area contributed by atoms with Crippen molar-refractivity contribution in [1.29, 1.82) is 0 Å². The SMILES string of the molecule is O=C(Nc1cccc(NC(=O)C2CC(=O)N(c3cccc(Cl)c3)C2)c1)C1CC1. The predicted octanol–water partition coefficient (Wildman–Crippen LogP) is 3.68. The zero-order valence-electron chi connectivity index (χ0n) is 15.2. The van der Waals surface area contributed by atoms with E-state index in [0.29, 0.717) is 28.6 Å². The molecule has 4 rings (SSSR count). The summed E-state index contributed by atoms with van der Waals surface area (Å²) >= 11 is 6.00. The van der Waals surface area contributed by atoms with E-state index < -0.39 is 5.92 Å². The van der Waals surface area contributed by atoms with E-state index in [2.05, 4.69) is 10.6 Å². The number of amides is 3. The van der Waals surface area contributed by atoms with E-state index in [1.807, 2.05) is 0 Å².